The first-order valence-electron chi connectivity index (χ1n) is 7.93. The lowest BCUT2D eigenvalue weighted by Crippen LogP contribution is -1.95. The van der Waals surface area contributed by atoms with E-state index in [1.54, 1.807) is 13.4 Å². The number of fused-ring (bicyclic) bond motifs is 2. The summed E-state index contributed by atoms with van der Waals surface area (Å²) in [6.07, 6.45) is 2.96. The number of aromatic nitrogens is 1. The fourth-order valence-corrected chi connectivity index (χ4v) is 2.87. The average Bonchev–Trinajstić information content (AvgIpc) is 3.11. The van der Waals surface area contributed by atoms with Gasteiger partial charge in [-0.15, -0.1) is 0 Å². The van der Waals surface area contributed by atoms with Gasteiger partial charge in [0.15, 0.2) is 0 Å². The van der Waals surface area contributed by atoms with Gasteiger partial charge in [-0.2, -0.15) is 0 Å². The van der Waals surface area contributed by atoms with Crippen LogP contribution in [0.2, 0.25) is 0 Å². The van der Waals surface area contributed by atoms with Gasteiger partial charge in [-0.05, 0) is 35.9 Å². The maximum atomic E-state index is 10.6. The second kappa shape index (κ2) is 6.28. The first kappa shape index (κ1) is 15.2. The molecule has 124 valence electrons. The first-order valence-corrected chi connectivity index (χ1v) is 7.93. The molecule has 0 amide bonds. The fourth-order valence-electron chi connectivity index (χ4n) is 2.87. The molecule has 5 heteroatoms. The van der Waals surface area contributed by atoms with Crippen LogP contribution in [0.15, 0.2) is 59.2 Å². The number of ether oxygens (including phenoxy) is 1. The molecule has 0 aliphatic carbocycles. The highest BCUT2D eigenvalue weighted by Crippen LogP contribution is 2.35. The topological polar surface area (TPSA) is 64.4 Å². The van der Waals surface area contributed by atoms with Crippen molar-refractivity contribution in [3.05, 3.63) is 60.4 Å². The van der Waals surface area contributed by atoms with E-state index < -0.39 is 0 Å². The number of pyridine rings is 1. The highest BCUT2D eigenvalue weighted by atomic mass is 16.5. The molecule has 1 N–H and O–H groups in total. The lowest BCUT2D eigenvalue weighted by atomic mass is 10.1. The molecule has 0 fully saturated rings. The maximum absolute atomic E-state index is 10.6. The van der Waals surface area contributed by atoms with Crippen molar-refractivity contribution in [2.45, 2.75) is 6.42 Å². The lowest BCUT2D eigenvalue weighted by Gasteiger charge is -2.12. The Kier molecular flexibility index (Phi) is 3.82. The number of furan rings is 1. The molecule has 0 spiro atoms. The summed E-state index contributed by atoms with van der Waals surface area (Å²) in [5.74, 6) is 0.745. The predicted octanol–water partition coefficient (Wildman–Crippen LogP) is 4.47. The summed E-state index contributed by atoms with van der Waals surface area (Å²) in [6.45, 7) is 0. The molecule has 2 aromatic heterocycles. The van der Waals surface area contributed by atoms with Crippen molar-refractivity contribution in [2.24, 2.45) is 0 Å². The van der Waals surface area contributed by atoms with Gasteiger partial charge >= 0.3 is 0 Å². The predicted molar refractivity (Wildman–Crippen MR) is 97.6 cm³/mol. The van der Waals surface area contributed by atoms with Crippen LogP contribution in [0, 0.1) is 0 Å². The second-order valence-corrected chi connectivity index (χ2v) is 5.70. The number of carbonyl (C=O) groups excluding carboxylic acids is 1. The van der Waals surface area contributed by atoms with Crippen LogP contribution >= 0.6 is 0 Å². The van der Waals surface area contributed by atoms with Gasteiger partial charge in [-0.1, -0.05) is 12.1 Å². The van der Waals surface area contributed by atoms with Crippen LogP contribution in [0.5, 0.6) is 5.75 Å². The zero-order valence-electron chi connectivity index (χ0n) is 13.7. The second-order valence-electron chi connectivity index (χ2n) is 5.70. The summed E-state index contributed by atoms with van der Waals surface area (Å²) in [7, 11) is 1.63. The van der Waals surface area contributed by atoms with Gasteiger partial charge in [-0.25, -0.2) is 4.98 Å². The summed E-state index contributed by atoms with van der Waals surface area (Å²) >= 11 is 0. The average molecular weight is 332 g/mol. The quantitative estimate of drug-likeness (QED) is 0.546. The number of nitrogens with one attached hydrogen (secondary N) is 1. The van der Waals surface area contributed by atoms with E-state index in [1.165, 1.54) is 0 Å². The SMILES string of the molecule is COc1ccc2c(Nc3ccc(CC=O)cc3)c3ccoc3nc2c1. The Morgan fingerprint density at radius 2 is 1.96 bits per heavy atom. The van der Waals surface area contributed by atoms with Gasteiger partial charge in [0.05, 0.1) is 30.0 Å². The van der Waals surface area contributed by atoms with Crippen LogP contribution in [-0.2, 0) is 11.2 Å². The Labute approximate surface area is 144 Å². The molecule has 4 aromatic rings. The molecule has 25 heavy (non-hydrogen) atoms. The summed E-state index contributed by atoms with van der Waals surface area (Å²) < 4.78 is 10.8. The van der Waals surface area contributed by atoms with Gasteiger partial charge in [-0.3, -0.25) is 0 Å². The minimum Gasteiger partial charge on any atom is -0.497 e. The van der Waals surface area contributed by atoms with Gasteiger partial charge in [0.2, 0.25) is 5.71 Å². The van der Waals surface area contributed by atoms with Crippen molar-refractivity contribution in [1.82, 2.24) is 4.98 Å². The molecule has 0 bridgehead atoms. The minimum atomic E-state index is 0.421. The van der Waals surface area contributed by atoms with Crippen molar-refractivity contribution in [1.29, 1.82) is 0 Å². The number of hydrogen-bond acceptors (Lipinski definition) is 5. The largest absolute Gasteiger partial charge is 0.497 e. The normalized spacial score (nSPS) is 10.9. The standard InChI is InChI=1S/C20H16N2O3/c1-24-15-6-7-16-18(12-15)22-20-17(9-11-25-20)19(16)21-14-4-2-13(3-5-14)8-10-23/h2-7,9-12H,8H2,1H3,(H,21,22). The van der Waals surface area contributed by atoms with Crippen molar-refractivity contribution in [3.8, 4) is 5.75 Å². The minimum absolute atomic E-state index is 0.421. The Balaban J connectivity index is 1.83. The number of benzene rings is 2. The molecule has 2 aromatic carbocycles. The van der Waals surface area contributed by atoms with E-state index in [2.05, 4.69) is 10.3 Å². The van der Waals surface area contributed by atoms with Crippen molar-refractivity contribution in [3.63, 3.8) is 0 Å². The zero-order valence-corrected chi connectivity index (χ0v) is 13.7. The van der Waals surface area contributed by atoms with E-state index in [9.17, 15) is 4.79 Å². The Hall–Kier alpha value is -3.34. The molecular formula is C20H16N2O3. The molecule has 0 saturated carbocycles. The number of methoxy groups -OCH3 is 1. The number of hydrogen-bond donors (Lipinski definition) is 1. The van der Waals surface area contributed by atoms with Crippen LogP contribution in [0.1, 0.15) is 5.56 Å². The number of anilines is 2. The molecule has 0 radical (unpaired) electrons. The van der Waals surface area contributed by atoms with Crippen LogP contribution in [-0.4, -0.2) is 18.4 Å². The van der Waals surface area contributed by atoms with Gasteiger partial charge < -0.3 is 19.3 Å². The molecule has 0 unspecified atom stereocenters. The van der Waals surface area contributed by atoms with Crippen LogP contribution in [0.3, 0.4) is 0 Å². The van der Waals surface area contributed by atoms with Gasteiger partial charge in [0.25, 0.3) is 0 Å². The van der Waals surface area contributed by atoms with E-state index in [-0.39, 0.29) is 0 Å². The third-order valence-corrected chi connectivity index (χ3v) is 4.15. The van der Waals surface area contributed by atoms with E-state index in [0.717, 1.165) is 45.3 Å². The van der Waals surface area contributed by atoms with Crippen LogP contribution < -0.4 is 10.1 Å². The Bertz CT molecular complexity index is 1050. The number of rotatable bonds is 5. The molecule has 0 aliphatic heterocycles. The fraction of sp³-hybridized carbons (Fsp3) is 0.100. The van der Waals surface area contributed by atoms with Crippen molar-refractivity contribution >= 4 is 39.7 Å². The maximum Gasteiger partial charge on any atom is 0.228 e. The van der Waals surface area contributed by atoms with Crippen LogP contribution in [0.4, 0.5) is 11.4 Å². The Morgan fingerprint density at radius 3 is 2.72 bits per heavy atom. The zero-order chi connectivity index (χ0) is 17.2. The van der Waals surface area contributed by atoms with E-state index >= 15 is 0 Å². The molecule has 2 heterocycles. The molecule has 5 nitrogen and oxygen atoms in total. The number of carbonyl (C=O) groups is 1. The lowest BCUT2D eigenvalue weighted by molar-refractivity contribution is -0.107. The monoisotopic (exact) mass is 332 g/mol. The Morgan fingerprint density at radius 1 is 1.12 bits per heavy atom. The van der Waals surface area contributed by atoms with Gasteiger partial charge in [0.1, 0.15) is 12.0 Å². The van der Waals surface area contributed by atoms with Crippen molar-refractivity contribution < 1.29 is 13.9 Å². The van der Waals surface area contributed by atoms with E-state index in [4.69, 9.17) is 9.15 Å². The molecule has 0 saturated heterocycles. The highest BCUT2D eigenvalue weighted by molar-refractivity contribution is 6.07. The van der Waals surface area contributed by atoms with E-state index in [1.807, 2.05) is 48.5 Å². The van der Waals surface area contributed by atoms with E-state index in [0.29, 0.717) is 12.1 Å². The summed E-state index contributed by atoms with van der Waals surface area (Å²) in [4.78, 5) is 15.2. The molecule has 0 aliphatic rings. The molecule has 4 rings (SSSR count). The summed E-state index contributed by atoms with van der Waals surface area (Å²) in [5, 5.41) is 5.34. The van der Waals surface area contributed by atoms with Gasteiger partial charge in [0, 0.05) is 23.6 Å². The molecule has 0 atom stereocenters. The smallest absolute Gasteiger partial charge is 0.228 e. The van der Waals surface area contributed by atoms with Crippen molar-refractivity contribution in [2.75, 3.05) is 12.4 Å². The third-order valence-electron chi connectivity index (χ3n) is 4.15. The first-order chi connectivity index (χ1) is 12.3. The number of aldehydes is 1. The molecular weight excluding hydrogens is 316 g/mol. The van der Waals surface area contributed by atoms with Crippen LogP contribution in [0.25, 0.3) is 22.0 Å². The summed E-state index contributed by atoms with van der Waals surface area (Å²) in [5.41, 5.74) is 4.21. The highest BCUT2D eigenvalue weighted by Gasteiger charge is 2.12. The number of nitrogens with zero attached hydrogens (tertiary/aromatic N) is 1. The summed E-state index contributed by atoms with van der Waals surface area (Å²) in [6, 6.07) is 15.5. The third kappa shape index (κ3) is 2.80.